The van der Waals surface area contributed by atoms with Crippen molar-refractivity contribution in [3.05, 3.63) is 42.5 Å². The maximum Gasteiger partial charge on any atom is 0.243 e. The number of hydrogen-bond acceptors (Lipinski definition) is 3. The van der Waals surface area contributed by atoms with Crippen LogP contribution in [0.2, 0.25) is 0 Å². The van der Waals surface area contributed by atoms with E-state index in [1.165, 1.54) is 12.1 Å². The number of hydrogen-bond donors (Lipinski definition) is 2. The molecule has 0 aliphatic carbocycles. The van der Waals surface area contributed by atoms with Gasteiger partial charge in [-0.05, 0) is 30.7 Å². The van der Waals surface area contributed by atoms with Crippen LogP contribution in [0.4, 0.5) is 0 Å². The number of amides is 1. The zero-order valence-electron chi connectivity index (χ0n) is 9.38. The first kappa shape index (κ1) is 13.4. The molecule has 5 nitrogen and oxygen atoms in total. The second-order valence-electron chi connectivity index (χ2n) is 3.55. The molecule has 1 aromatic carbocycles. The van der Waals surface area contributed by atoms with Crippen molar-refractivity contribution in [3.63, 3.8) is 0 Å². The maximum atomic E-state index is 11.2. The van der Waals surface area contributed by atoms with Gasteiger partial charge in [-0.3, -0.25) is 4.79 Å². The van der Waals surface area contributed by atoms with Gasteiger partial charge in [-0.25, -0.2) is 13.6 Å². The third kappa shape index (κ3) is 3.69. The van der Waals surface area contributed by atoms with Gasteiger partial charge in [0.25, 0.3) is 0 Å². The molecule has 0 bridgehead atoms. The van der Waals surface area contributed by atoms with E-state index in [-0.39, 0.29) is 16.8 Å². The third-order valence-corrected chi connectivity index (χ3v) is 3.14. The lowest BCUT2D eigenvalue weighted by Crippen LogP contribution is -2.24. The number of carbonyl (C=O) groups is 1. The van der Waals surface area contributed by atoms with Crippen LogP contribution in [0.1, 0.15) is 18.5 Å². The van der Waals surface area contributed by atoms with E-state index in [4.69, 9.17) is 5.14 Å². The summed E-state index contributed by atoms with van der Waals surface area (Å²) in [6.45, 7) is 5.08. The van der Waals surface area contributed by atoms with E-state index in [0.717, 1.165) is 6.08 Å². The first-order chi connectivity index (χ1) is 7.84. The monoisotopic (exact) mass is 254 g/mol. The van der Waals surface area contributed by atoms with Crippen molar-refractivity contribution in [2.45, 2.75) is 17.9 Å². The first-order valence-electron chi connectivity index (χ1n) is 4.90. The minimum absolute atomic E-state index is 0.0229. The highest BCUT2D eigenvalue weighted by Crippen LogP contribution is 2.16. The Hall–Kier alpha value is -1.66. The number of rotatable bonds is 4. The topological polar surface area (TPSA) is 89.3 Å². The summed E-state index contributed by atoms with van der Waals surface area (Å²) in [6, 6.07) is 5.81. The lowest BCUT2D eigenvalue weighted by Gasteiger charge is -2.13. The van der Waals surface area contributed by atoms with E-state index < -0.39 is 10.0 Å². The van der Waals surface area contributed by atoms with Crippen LogP contribution in [-0.4, -0.2) is 14.3 Å². The van der Waals surface area contributed by atoms with Crippen LogP contribution in [0.25, 0.3) is 0 Å². The molecule has 1 rings (SSSR count). The Morgan fingerprint density at radius 1 is 1.53 bits per heavy atom. The Balaban J connectivity index is 3.00. The average molecular weight is 254 g/mol. The van der Waals surface area contributed by atoms with E-state index in [0.29, 0.717) is 5.56 Å². The maximum absolute atomic E-state index is 11.2. The first-order valence-corrected chi connectivity index (χ1v) is 6.45. The molecule has 1 aromatic rings. The lowest BCUT2D eigenvalue weighted by atomic mass is 10.1. The summed E-state index contributed by atoms with van der Waals surface area (Å²) in [6.07, 6.45) is 1.15. The number of primary sulfonamides is 1. The van der Waals surface area contributed by atoms with Gasteiger partial charge < -0.3 is 5.32 Å². The molecule has 3 N–H and O–H groups in total. The second kappa shape index (κ2) is 5.11. The summed E-state index contributed by atoms with van der Waals surface area (Å²) in [5.41, 5.74) is 0.659. The van der Waals surface area contributed by atoms with Crippen molar-refractivity contribution < 1.29 is 13.2 Å². The van der Waals surface area contributed by atoms with Gasteiger partial charge in [0, 0.05) is 0 Å². The molecule has 0 spiro atoms. The fraction of sp³-hybridized carbons (Fsp3) is 0.182. The van der Waals surface area contributed by atoms with Crippen molar-refractivity contribution in [3.8, 4) is 0 Å². The molecule has 0 radical (unpaired) electrons. The molecule has 0 aromatic heterocycles. The molecule has 0 saturated heterocycles. The molecule has 1 amide bonds. The van der Waals surface area contributed by atoms with Gasteiger partial charge in [0.1, 0.15) is 0 Å². The molecule has 0 aliphatic rings. The van der Waals surface area contributed by atoms with E-state index >= 15 is 0 Å². The molecule has 17 heavy (non-hydrogen) atoms. The Kier molecular flexibility index (Phi) is 4.03. The summed E-state index contributed by atoms with van der Waals surface area (Å²) in [4.78, 5) is 11.1. The highest BCUT2D eigenvalue weighted by Gasteiger charge is 2.12. The summed E-state index contributed by atoms with van der Waals surface area (Å²) < 4.78 is 22.3. The summed E-state index contributed by atoms with van der Waals surface area (Å²) in [7, 11) is -3.73. The Morgan fingerprint density at radius 3 is 2.71 bits per heavy atom. The van der Waals surface area contributed by atoms with Crippen molar-refractivity contribution in [2.24, 2.45) is 5.14 Å². The largest absolute Gasteiger partial charge is 0.346 e. The zero-order chi connectivity index (χ0) is 13.1. The minimum atomic E-state index is -3.73. The average Bonchev–Trinajstić information content (AvgIpc) is 2.28. The van der Waals surface area contributed by atoms with E-state index in [1.807, 2.05) is 0 Å². The lowest BCUT2D eigenvalue weighted by molar-refractivity contribution is -0.117. The minimum Gasteiger partial charge on any atom is -0.346 e. The van der Waals surface area contributed by atoms with E-state index in [2.05, 4.69) is 11.9 Å². The molecule has 0 fully saturated rings. The van der Waals surface area contributed by atoms with Gasteiger partial charge in [0.05, 0.1) is 10.9 Å². The van der Waals surface area contributed by atoms with Crippen molar-refractivity contribution in [1.82, 2.24) is 5.32 Å². The molecule has 1 unspecified atom stereocenters. The number of nitrogens with two attached hydrogens (primary N) is 1. The zero-order valence-corrected chi connectivity index (χ0v) is 10.2. The molecule has 92 valence electrons. The van der Waals surface area contributed by atoms with Gasteiger partial charge in [-0.15, -0.1) is 0 Å². The molecule has 0 heterocycles. The van der Waals surface area contributed by atoms with Crippen molar-refractivity contribution in [1.29, 1.82) is 0 Å². The van der Waals surface area contributed by atoms with Crippen LogP contribution in [0, 0.1) is 0 Å². The number of sulfonamides is 1. The predicted molar refractivity (Wildman–Crippen MR) is 64.6 cm³/mol. The van der Waals surface area contributed by atoms with Crippen molar-refractivity contribution in [2.75, 3.05) is 0 Å². The number of nitrogens with one attached hydrogen (secondary N) is 1. The van der Waals surface area contributed by atoms with Gasteiger partial charge in [-0.1, -0.05) is 18.7 Å². The van der Waals surface area contributed by atoms with Gasteiger partial charge >= 0.3 is 0 Å². The predicted octanol–water partition coefficient (Wildman–Crippen LogP) is 0.697. The third-order valence-electron chi connectivity index (χ3n) is 2.23. The van der Waals surface area contributed by atoms with Crippen LogP contribution >= 0.6 is 0 Å². The Bertz CT molecular complexity index is 537. The molecule has 1 atom stereocenters. The fourth-order valence-corrected chi connectivity index (χ4v) is 1.89. The molecular weight excluding hydrogens is 240 g/mol. The normalized spacial score (nSPS) is 12.8. The quantitative estimate of drug-likeness (QED) is 0.775. The van der Waals surface area contributed by atoms with Crippen LogP contribution in [0.15, 0.2) is 41.8 Å². The summed E-state index contributed by atoms with van der Waals surface area (Å²) >= 11 is 0. The Labute approximate surface area is 100 Å². The van der Waals surface area contributed by atoms with E-state index in [1.54, 1.807) is 19.1 Å². The summed E-state index contributed by atoms with van der Waals surface area (Å²) in [5.74, 6) is -0.321. The van der Waals surface area contributed by atoms with Gasteiger partial charge in [0.2, 0.25) is 15.9 Å². The molecular formula is C11H14N2O3S. The standard InChI is InChI=1S/C11H14N2O3S/c1-3-11(14)13-8(2)9-5-4-6-10(7-9)17(12,15)16/h3-8H,1H2,2H3,(H,13,14)(H2,12,15,16). The van der Waals surface area contributed by atoms with Crippen LogP contribution < -0.4 is 10.5 Å². The van der Waals surface area contributed by atoms with Crippen LogP contribution in [0.3, 0.4) is 0 Å². The fourth-order valence-electron chi connectivity index (χ4n) is 1.32. The highest BCUT2D eigenvalue weighted by molar-refractivity contribution is 7.89. The van der Waals surface area contributed by atoms with Crippen molar-refractivity contribution >= 4 is 15.9 Å². The smallest absolute Gasteiger partial charge is 0.243 e. The van der Waals surface area contributed by atoms with Gasteiger partial charge in [0.15, 0.2) is 0 Å². The van der Waals surface area contributed by atoms with E-state index in [9.17, 15) is 13.2 Å². The van der Waals surface area contributed by atoms with Crippen LogP contribution in [0.5, 0.6) is 0 Å². The SMILES string of the molecule is C=CC(=O)NC(C)c1cccc(S(N)(=O)=O)c1. The van der Waals surface area contributed by atoms with Crippen LogP contribution in [-0.2, 0) is 14.8 Å². The molecule has 6 heteroatoms. The molecule has 0 saturated carbocycles. The highest BCUT2D eigenvalue weighted by atomic mass is 32.2. The van der Waals surface area contributed by atoms with Gasteiger partial charge in [-0.2, -0.15) is 0 Å². The molecule has 0 aliphatic heterocycles. The number of benzene rings is 1. The number of carbonyl (C=O) groups excluding carboxylic acids is 1. The second-order valence-corrected chi connectivity index (χ2v) is 5.11. The Morgan fingerprint density at radius 2 is 2.18 bits per heavy atom. The summed E-state index contributed by atoms with van der Waals surface area (Å²) in [5, 5.41) is 7.65.